The molecule has 0 heterocycles. The van der Waals surface area contributed by atoms with Crippen LogP contribution < -0.4 is 19.5 Å². The first-order chi connectivity index (χ1) is 12.9. The van der Waals surface area contributed by atoms with Crippen LogP contribution in [0.25, 0.3) is 0 Å². The molecule has 0 spiro atoms. The molecule has 0 aliphatic heterocycles. The van der Waals surface area contributed by atoms with E-state index in [2.05, 4.69) is 10.1 Å². The largest absolute Gasteiger partial charge is 0.495 e. The number of likely N-dealkylation sites (N-methyl/N-ethyl adjacent to an activating group) is 1. The van der Waals surface area contributed by atoms with Crippen molar-refractivity contribution in [1.29, 1.82) is 0 Å². The van der Waals surface area contributed by atoms with Crippen molar-refractivity contribution in [2.75, 3.05) is 33.1 Å². The first-order valence-corrected chi connectivity index (χ1v) is 8.16. The first-order valence-electron chi connectivity index (χ1n) is 8.16. The van der Waals surface area contributed by atoms with Crippen molar-refractivity contribution in [2.45, 2.75) is 13.2 Å². The number of amides is 1. The minimum atomic E-state index is -2.92. The Morgan fingerprint density at radius 1 is 1.07 bits per heavy atom. The van der Waals surface area contributed by atoms with Crippen LogP contribution in [0.15, 0.2) is 42.5 Å². The molecule has 0 saturated heterocycles. The summed E-state index contributed by atoms with van der Waals surface area (Å²) < 4.78 is 39.5. The maximum atomic E-state index is 12.4. The van der Waals surface area contributed by atoms with E-state index in [1.807, 2.05) is 6.07 Å². The molecule has 0 saturated carbocycles. The van der Waals surface area contributed by atoms with E-state index in [1.165, 1.54) is 20.3 Å². The van der Waals surface area contributed by atoms with Crippen molar-refractivity contribution in [1.82, 2.24) is 4.90 Å². The van der Waals surface area contributed by atoms with Crippen molar-refractivity contribution in [2.24, 2.45) is 0 Å². The van der Waals surface area contributed by atoms with Crippen molar-refractivity contribution in [3.8, 4) is 17.2 Å². The number of para-hydroxylation sites is 2. The monoisotopic (exact) mass is 380 g/mol. The van der Waals surface area contributed by atoms with Crippen LogP contribution in [0.1, 0.15) is 5.56 Å². The lowest BCUT2D eigenvalue weighted by Gasteiger charge is -2.18. The summed E-state index contributed by atoms with van der Waals surface area (Å²) in [6.07, 6.45) is 0. The lowest BCUT2D eigenvalue weighted by atomic mass is 10.2. The van der Waals surface area contributed by atoms with Gasteiger partial charge in [0.15, 0.2) is 11.5 Å². The zero-order valence-electron chi connectivity index (χ0n) is 15.4. The summed E-state index contributed by atoms with van der Waals surface area (Å²) in [6.45, 7) is -2.37. The van der Waals surface area contributed by atoms with Crippen LogP contribution in [0.3, 0.4) is 0 Å². The van der Waals surface area contributed by atoms with Gasteiger partial charge >= 0.3 is 6.61 Å². The zero-order valence-corrected chi connectivity index (χ0v) is 15.4. The van der Waals surface area contributed by atoms with E-state index in [9.17, 15) is 13.6 Å². The van der Waals surface area contributed by atoms with Crippen LogP contribution in [0.2, 0.25) is 0 Å². The van der Waals surface area contributed by atoms with E-state index in [4.69, 9.17) is 9.47 Å². The van der Waals surface area contributed by atoms with Crippen molar-refractivity contribution < 1.29 is 27.8 Å². The average Bonchev–Trinajstić information content (AvgIpc) is 2.62. The quantitative estimate of drug-likeness (QED) is 0.723. The Hall–Kier alpha value is -2.87. The van der Waals surface area contributed by atoms with Gasteiger partial charge in [-0.1, -0.05) is 18.2 Å². The molecule has 0 fully saturated rings. The Labute approximate surface area is 156 Å². The summed E-state index contributed by atoms with van der Waals surface area (Å²) in [5.74, 6) is 0.548. The van der Waals surface area contributed by atoms with E-state index >= 15 is 0 Å². The van der Waals surface area contributed by atoms with Gasteiger partial charge in [-0.05, 0) is 36.9 Å². The predicted octanol–water partition coefficient (Wildman–Crippen LogP) is 3.38. The number of ether oxygens (including phenoxy) is 3. The normalized spacial score (nSPS) is 10.8. The van der Waals surface area contributed by atoms with Gasteiger partial charge in [0.2, 0.25) is 5.91 Å². The number of alkyl halides is 2. The number of methoxy groups -OCH3 is 2. The summed E-state index contributed by atoms with van der Waals surface area (Å²) in [5.41, 5.74) is 1.38. The van der Waals surface area contributed by atoms with Crippen LogP contribution >= 0.6 is 0 Å². The molecular formula is C19H22F2N2O4. The van der Waals surface area contributed by atoms with Gasteiger partial charge in [-0.3, -0.25) is 9.69 Å². The van der Waals surface area contributed by atoms with E-state index in [-0.39, 0.29) is 24.0 Å². The number of hydrogen-bond donors (Lipinski definition) is 1. The molecule has 8 heteroatoms. The number of carbonyl (C=O) groups is 1. The van der Waals surface area contributed by atoms with Gasteiger partial charge in [-0.15, -0.1) is 0 Å². The van der Waals surface area contributed by atoms with Gasteiger partial charge in [-0.25, -0.2) is 0 Å². The number of halogens is 2. The summed E-state index contributed by atoms with van der Waals surface area (Å²) in [5, 5.41) is 2.80. The zero-order chi connectivity index (χ0) is 19.8. The molecule has 0 aromatic heterocycles. The van der Waals surface area contributed by atoms with E-state index in [1.54, 1.807) is 42.3 Å². The average molecular weight is 380 g/mol. The Morgan fingerprint density at radius 2 is 1.78 bits per heavy atom. The second-order valence-corrected chi connectivity index (χ2v) is 5.78. The van der Waals surface area contributed by atoms with Crippen LogP contribution in [0.4, 0.5) is 14.5 Å². The Kier molecular flexibility index (Phi) is 7.36. The van der Waals surface area contributed by atoms with Gasteiger partial charge in [0.25, 0.3) is 0 Å². The van der Waals surface area contributed by atoms with Crippen LogP contribution in [0, 0.1) is 0 Å². The molecule has 0 radical (unpaired) electrons. The highest BCUT2D eigenvalue weighted by Crippen LogP contribution is 2.29. The molecule has 0 unspecified atom stereocenters. The number of benzene rings is 2. The van der Waals surface area contributed by atoms with Crippen LogP contribution in [0.5, 0.6) is 17.2 Å². The minimum Gasteiger partial charge on any atom is -0.495 e. The Bertz CT molecular complexity index is 771. The molecule has 1 amide bonds. The summed E-state index contributed by atoms with van der Waals surface area (Å²) in [6, 6.07) is 11.8. The maximum Gasteiger partial charge on any atom is 0.387 e. The number of nitrogens with one attached hydrogen (secondary N) is 1. The molecule has 0 bridgehead atoms. The van der Waals surface area contributed by atoms with Gasteiger partial charge in [0, 0.05) is 6.54 Å². The summed E-state index contributed by atoms with van der Waals surface area (Å²) >= 11 is 0. The SMILES string of the molecule is COc1ccccc1NC(=O)CN(C)Cc1ccc(OC(F)F)c(OC)c1. The lowest BCUT2D eigenvalue weighted by molar-refractivity contribution is -0.117. The molecule has 6 nitrogen and oxygen atoms in total. The van der Waals surface area contributed by atoms with Gasteiger partial charge in [0.05, 0.1) is 26.5 Å². The molecule has 27 heavy (non-hydrogen) atoms. The third-order valence-electron chi connectivity index (χ3n) is 3.69. The van der Waals surface area contributed by atoms with Crippen molar-refractivity contribution >= 4 is 11.6 Å². The molecule has 2 aromatic carbocycles. The fourth-order valence-electron chi connectivity index (χ4n) is 2.55. The molecule has 0 atom stereocenters. The standard InChI is InChI=1S/C19H22F2N2O4/c1-23(12-18(24)22-14-6-4-5-7-15(14)25-2)11-13-8-9-16(27-19(20)21)17(10-13)26-3/h4-10,19H,11-12H2,1-3H3,(H,22,24). The number of anilines is 1. The Balaban J connectivity index is 1.96. The molecule has 1 N–H and O–H groups in total. The van der Waals surface area contributed by atoms with E-state index in [0.29, 0.717) is 18.0 Å². The third-order valence-corrected chi connectivity index (χ3v) is 3.69. The molecule has 146 valence electrons. The summed E-state index contributed by atoms with van der Waals surface area (Å²) in [4.78, 5) is 14.0. The minimum absolute atomic E-state index is 0.0344. The van der Waals surface area contributed by atoms with Gasteiger partial charge < -0.3 is 19.5 Å². The van der Waals surface area contributed by atoms with E-state index in [0.717, 1.165) is 5.56 Å². The second kappa shape index (κ2) is 9.72. The Morgan fingerprint density at radius 3 is 2.44 bits per heavy atom. The van der Waals surface area contributed by atoms with Crippen molar-refractivity contribution in [3.63, 3.8) is 0 Å². The highest BCUT2D eigenvalue weighted by molar-refractivity contribution is 5.93. The predicted molar refractivity (Wildman–Crippen MR) is 97.6 cm³/mol. The first kappa shape index (κ1) is 20.4. The summed E-state index contributed by atoms with van der Waals surface area (Å²) in [7, 11) is 4.69. The molecular weight excluding hydrogens is 358 g/mol. The fraction of sp³-hybridized carbons (Fsp3) is 0.316. The van der Waals surface area contributed by atoms with Gasteiger partial charge in [0.1, 0.15) is 5.75 Å². The topological polar surface area (TPSA) is 60.0 Å². The number of rotatable bonds is 9. The third kappa shape index (κ3) is 6.10. The second-order valence-electron chi connectivity index (χ2n) is 5.78. The highest BCUT2D eigenvalue weighted by Gasteiger charge is 2.13. The van der Waals surface area contributed by atoms with E-state index < -0.39 is 6.61 Å². The molecule has 2 rings (SSSR count). The maximum absolute atomic E-state index is 12.4. The number of hydrogen-bond acceptors (Lipinski definition) is 5. The molecule has 0 aliphatic rings. The molecule has 0 aliphatic carbocycles. The number of carbonyl (C=O) groups excluding carboxylic acids is 1. The lowest BCUT2D eigenvalue weighted by Crippen LogP contribution is -2.30. The highest BCUT2D eigenvalue weighted by atomic mass is 19.3. The smallest absolute Gasteiger partial charge is 0.387 e. The van der Waals surface area contributed by atoms with Gasteiger partial charge in [-0.2, -0.15) is 8.78 Å². The molecule has 2 aromatic rings. The van der Waals surface area contributed by atoms with Crippen LogP contribution in [-0.2, 0) is 11.3 Å². The van der Waals surface area contributed by atoms with Crippen LogP contribution in [-0.4, -0.2) is 45.2 Å². The fourth-order valence-corrected chi connectivity index (χ4v) is 2.55. The van der Waals surface area contributed by atoms with Crippen molar-refractivity contribution in [3.05, 3.63) is 48.0 Å². The number of nitrogens with zero attached hydrogens (tertiary/aromatic N) is 1.